The third kappa shape index (κ3) is 3.16. The molecule has 0 bridgehead atoms. The molecule has 0 saturated heterocycles. The van der Waals surface area contributed by atoms with E-state index in [9.17, 15) is 17.2 Å². The number of phenolic OH excluding ortho intramolecular Hbond substituents is 1. The number of nitrogens with zero attached hydrogens (tertiary/aromatic N) is 1. The molecule has 0 radical (unpaired) electrons. The Labute approximate surface area is 139 Å². The van der Waals surface area contributed by atoms with Gasteiger partial charge in [0.2, 0.25) is 11.7 Å². The van der Waals surface area contributed by atoms with Gasteiger partial charge in [0.15, 0.2) is 17.1 Å². The Morgan fingerprint density at radius 3 is 2.60 bits per heavy atom. The highest BCUT2D eigenvalue weighted by atomic mass is 32.3. The highest BCUT2D eigenvalue weighted by Crippen LogP contribution is 2.34. The SMILES string of the molecule is C=Cc1cc(OS(=O)(=O)O)cc2nc(-c3ccc(O)c(F)c3F)oc12. The number of rotatable bonds is 4. The topological polar surface area (TPSA) is 110 Å². The number of phenols is 1. The first-order valence-corrected chi connectivity index (χ1v) is 7.97. The Balaban J connectivity index is 2.20. The second-order valence-corrected chi connectivity index (χ2v) is 5.88. The Morgan fingerprint density at radius 1 is 1.24 bits per heavy atom. The highest BCUT2D eigenvalue weighted by molar-refractivity contribution is 7.81. The molecule has 0 unspecified atom stereocenters. The maximum atomic E-state index is 14.0. The van der Waals surface area contributed by atoms with Gasteiger partial charge >= 0.3 is 10.4 Å². The fraction of sp³-hybridized carbons (Fsp3) is 0. The Kier molecular flexibility index (Phi) is 3.93. The van der Waals surface area contributed by atoms with Crippen LogP contribution in [-0.2, 0) is 10.4 Å². The first-order valence-electron chi connectivity index (χ1n) is 6.61. The lowest BCUT2D eigenvalue weighted by Crippen LogP contribution is -2.06. The summed E-state index contributed by atoms with van der Waals surface area (Å²) >= 11 is 0. The zero-order valence-corrected chi connectivity index (χ0v) is 13.0. The lowest BCUT2D eigenvalue weighted by molar-refractivity contribution is 0.387. The van der Waals surface area contributed by atoms with Crippen LogP contribution in [0.1, 0.15) is 5.56 Å². The average molecular weight is 369 g/mol. The number of oxazole rings is 1. The fourth-order valence-electron chi connectivity index (χ4n) is 2.17. The van der Waals surface area contributed by atoms with E-state index in [1.54, 1.807) is 0 Å². The standard InChI is InChI=1S/C15H9F2NO6S/c1-2-7-5-8(24-25(20,21)22)6-10-14(7)23-15(18-10)9-3-4-11(19)13(17)12(9)16/h2-6,19H,1H2,(H,20,21,22). The summed E-state index contributed by atoms with van der Waals surface area (Å²) in [6.07, 6.45) is 1.29. The van der Waals surface area contributed by atoms with Gasteiger partial charge in [0.1, 0.15) is 11.3 Å². The largest absolute Gasteiger partial charge is 0.505 e. The van der Waals surface area contributed by atoms with Crippen molar-refractivity contribution in [2.24, 2.45) is 0 Å². The number of fused-ring (bicyclic) bond motifs is 1. The first-order chi connectivity index (χ1) is 11.7. The van der Waals surface area contributed by atoms with Gasteiger partial charge in [0, 0.05) is 11.6 Å². The second kappa shape index (κ2) is 5.83. The molecule has 3 aromatic rings. The van der Waals surface area contributed by atoms with Gasteiger partial charge in [-0.2, -0.15) is 12.8 Å². The summed E-state index contributed by atoms with van der Waals surface area (Å²) in [5.74, 6) is -4.27. The van der Waals surface area contributed by atoms with Crippen molar-refractivity contribution in [1.29, 1.82) is 0 Å². The van der Waals surface area contributed by atoms with Crippen LogP contribution in [0.2, 0.25) is 0 Å². The Bertz CT molecular complexity index is 1110. The van der Waals surface area contributed by atoms with Gasteiger partial charge in [0.25, 0.3) is 0 Å². The van der Waals surface area contributed by atoms with Crippen molar-refractivity contribution in [3.8, 4) is 23.0 Å². The van der Waals surface area contributed by atoms with Crippen molar-refractivity contribution in [2.75, 3.05) is 0 Å². The number of hydrogen-bond donors (Lipinski definition) is 2. The number of halogens is 2. The minimum absolute atomic E-state index is 0.0546. The lowest BCUT2D eigenvalue weighted by atomic mass is 10.2. The number of hydrogen-bond acceptors (Lipinski definition) is 6. The predicted octanol–water partition coefficient (Wildman–Crippen LogP) is 3.30. The van der Waals surface area contributed by atoms with Gasteiger partial charge in [-0.1, -0.05) is 12.7 Å². The molecule has 25 heavy (non-hydrogen) atoms. The van der Waals surface area contributed by atoms with Crippen LogP contribution in [0, 0.1) is 11.6 Å². The van der Waals surface area contributed by atoms with Gasteiger partial charge in [0.05, 0.1) is 5.56 Å². The smallest absolute Gasteiger partial charge is 0.446 e. The molecule has 0 aliphatic carbocycles. The maximum absolute atomic E-state index is 14.0. The predicted molar refractivity (Wildman–Crippen MR) is 83.3 cm³/mol. The zero-order chi connectivity index (χ0) is 18.4. The van der Waals surface area contributed by atoms with E-state index >= 15 is 0 Å². The quantitative estimate of drug-likeness (QED) is 0.679. The minimum atomic E-state index is -4.76. The van der Waals surface area contributed by atoms with Crippen LogP contribution >= 0.6 is 0 Å². The van der Waals surface area contributed by atoms with Crippen LogP contribution < -0.4 is 4.18 Å². The van der Waals surface area contributed by atoms with Crippen LogP contribution in [0.5, 0.6) is 11.5 Å². The van der Waals surface area contributed by atoms with Crippen LogP contribution in [0.4, 0.5) is 8.78 Å². The maximum Gasteiger partial charge on any atom is 0.446 e. The molecule has 2 aromatic carbocycles. The van der Waals surface area contributed by atoms with E-state index in [1.165, 1.54) is 12.1 Å². The molecule has 1 aromatic heterocycles. The summed E-state index contributed by atoms with van der Waals surface area (Å²) in [6, 6.07) is 4.33. The van der Waals surface area contributed by atoms with Gasteiger partial charge in [-0.3, -0.25) is 4.55 Å². The number of aromatic nitrogens is 1. The summed E-state index contributed by atoms with van der Waals surface area (Å²) in [5.41, 5.74) is 0.0628. The fourth-order valence-corrected chi connectivity index (χ4v) is 2.51. The lowest BCUT2D eigenvalue weighted by Gasteiger charge is -2.02. The van der Waals surface area contributed by atoms with Crippen LogP contribution in [0.25, 0.3) is 28.6 Å². The van der Waals surface area contributed by atoms with E-state index in [0.29, 0.717) is 0 Å². The van der Waals surface area contributed by atoms with E-state index in [0.717, 1.165) is 18.2 Å². The van der Waals surface area contributed by atoms with Crippen molar-refractivity contribution in [3.05, 3.63) is 48.0 Å². The van der Waals surface area contributed by atoms with E-state index < -0.39 is 27.8 Å². The average Bonchev–Trinajstić information content (AvgIpc) is 2.94. The first kappa shape index (κ1) is 16.9. The van der Waals surface area contributed by atoms with Gasteiger partial charge in [-0.25, -0.2) is 9.37 Å². The highest BCUT2D eigenvalue weighted by Gasteiger charge is 2.20. The molecular formula is C15H9F2NO6S. The monoisotopic (exact) mass is 369 g/mol. The molecule has 10 heteroatoms. The third-order valence-electron chi connectivity index (χ3n) is 3.21. The summed E-state index contributed by atoms with van der Waals surface area (Å²) < 4.78 is 67.6. The summed E-state index contributed by atoms with van der Waals surface area (Å²) in [7, 11) is -4.76. The molecule has 2 N–H and O–H groups in total. The van der Waals surface area contributed by atoms with Crippen LogP contribution in [0.3, 0.4) is 0 Å². The van der Waals surface area contributed by atoms with Crippen LogP contribution in [0.15, 0.2) is 35.3 Å². The molecule has 1 heterocycles. The van der Waals surface area contributed by atoms with Crippen molar-refractivity contribution in [1.82, 2.24) is 4.98 Å². The normalized spacial score (nSPS) is 11.6. The van der Waals surface area contributed by atoms with Crippen LogP contribution in [-0.4, -0.2) is 23.1 Å². The van der Waals surface area contributed by atoms with Gasteiger partial charge in [-0.15, -0.1) is 0 Å². The minimum Gasteiger partial charge on any atom is -0.505 e. The van der Waals surface area contributed by atoms with E-state index in [1.807, 2.05) is 0 Å². The van der Waals surface area contributed by atoms with E-state index in [4.69, 9.17) is 14.1 Å². The van der Waals surface area contributed by atoms with Gasteiger partial charge in [-0.05, 0) is 18.2 Å². The zero-order valence-electron chi connectivity index (χ0n) is 12.2. The Morgan fingerprint density at radius 2 is 1.96 bits per heavy atom. The Hall–Kier alpha value is -2.98. The molecule has 7 nitrogen and oxygen atoms in total. The molecular weight excluding hydrogens is 360 g/mol. The molecule has 3 rings (SSSR count). The number of benzene rings is 2. The molecule has 0 fully saturated rings. The molecule has 0 aliphatic heterocycles. The summed E-state index contributed by atoms with van der Waals surface area (Å²) in [4.78, 5) is 3.95. The van der Waals surface area contributed by atoms with E-state index in [-0.39, 0.29) is 33.9 Å². The molecule has 0 spiro atoms. The van der Waals surface area contributed by atoms with Crippen molar-refractivity contribution >= 4 is 27.6 Å². The van der Waals surface area contributed by atoms with Gasteiger partial charge < -0.3 is 13.7 Å². The molecule has 0 amide bonds. The van der Waals surface area contributed by atoms with E-state index in [2.05, 4.69) is 15.7 Å². The van der Waals surface area contributed by atoms with Crippen molar-refractivity contribution in [2.45, 2.75) is 0 Å². The van der Waals surface area contributed by atoms with Crippen molar-refractivity contribution < 1.29 is 35.5 Å². The van der Waals surface area contributed by atoms with Crippen molar-refractivity contribution in [3.63, 3.8) is 0 Å². The number of aromatic hydroxyl groups is 1. The summed E-state index contributed by atoms with van der Waals surface area (Å²) in [6.45, 7) is 3.52. The second-order valence-electron chi connectivity index (χ2n) is 4.86. The molecule has 0 aliphatic rings. The molecule has 130 valence electrons. The molecule has 0 saturated carbocycles. The molecule has 0 atom stereocenters. The third-order valence-corrected chi connectivity index (χ3v) is 3.61. The summed E-state index contributed by atoms with van der Waals surface area (Å²) in [5, 5.41) is 9.16.